The Morgan fingerprint density at radius 2 is 2.00 bits per heavy atom. The van der Waals surface area contributed by atoms with Crippen LogP contribution in [0.4, 0.5) is 10.1 Å². The molecule has 1 saturated heterocycles. The van der Waals surface area contributed by atoms with Gasteiger partial charge in [-0.1, -0.05) is 0 Å². The van der Waals surface area contributed by atoms with Crippen molar-refractivity contribution in [3.8, 4) is 0 Å². The Balaban J connectivity index is 1.56. The Kier molecular flexibility index (Phi) is 2.97. The Morgan fingerprint density at radius 1 is 1.24 bits per heavy atom. The van der Waals surface area contributed by atoms with Gasteiger partial charge in [0.25, 0.3) is 0 Å². The summed E-state index contributed by atoms with van der Waals surface area (Å²) in [6.07, 6.45) is 4.37. The van der Waals surface area contributed by atoms with Crippen molar-refractivity contribution in [3.63, 3.8) is 0 Å². The summed E-state index contributed by atoms with van der Waals surface area (Å²) in [5, 5.41) is 0. The van der Waals surface area contributed by atoms with E-state index in [4.69, 9.17) is 0 Å². The first-order valence-corrected chi connectivity index (χ1v) is 6.40. The minimum atomic E-state index is -0.386. The van der Waals surface area contributed by atoms with Crippen LogP contribution in [-0.2, 0) is 0 Å². The molecule has 0 unspecified atom stereocenters. The van der Waals surface area contributed by atoms with Crippen LogP contribution in [0.25, 0.3) is 0 Å². The summed E-state index contributed by atoms with van der Waals surface area (Å²) in [5.74, 6) is 0.572. The van der Waals surface area contributed by atoms with E-state index in [-0.39, 0.29) is 5.95 Å². The van der Waals surface area contributed by atoms with Crippen LogP contribution >= 0.6 is 0 Å². The lowest BCUT2D eigenvalue weighted by Gasteiger charge is -2.36. The summed E-state index contributed by atoms with van der Waals surface area (Å²) >= 11 is 0. The largest absolute Gasteiger partial charge is 0.369 e. The lowest BCUT2D eigenvalue weighted by molar-refractivity contribution is 0.248. The van der Waals surface area contributed by atoms with Crippen LogP contribution in [0.2, 0.25) is 0 Å². The van der Waals surface area contributed by atoms with E-state index in [1.807, 2.05) is 6.07 Å². The molecule has 1 aliphatic carbocycles. The minimum absolute atomic E-state index is 0.386. The highest BCUT2D eigenvalue weighted by Crippen LogP contribution is 2.30. The highest BCUT2D eigenvalue weighted by molar-refractivity contribution is 5.45. The van der Waals surface area contributed by atoms with Crippen LogP contribution in [0.3, 0.4) is 0 Å². The molecular weight excluding hydrogens is 217 g/mol. The number of hydrogen-bond donors (Lipinski definition) is 0. The van der Waals surface area contributed by atoms with Crippen molar-refractivity contribution in [2.75, 3.05) is 37.6 Å². The van der Waals surface area contributed by atoms with Gasteiger partial charge in [0.15, 0.2) is 0 Å². The predicted molar refractivity (Wildman–Crippen MR) is 65.6 cm³/mol. The third-order valence-electron chi connectivity index (χ3n) is 3.66. The van der Waals surface area contributed by atoms with E-state index in [0.29, 0.717) is 0 Å². The van der Waals surface area contributed by atoms with Crippen molar-refractivity contribution >= 4 is 5.69 Å². The Bertz CT molecular complexity index is 384. The van der Waals surface area contributed by atoms with E-state index >= 15 is 0 Å². The SMILES string of the molecule is Fc1cc(N2CCN(CC3CC3)CC2)ccn1. The van der Waals surface area contributed by atoms with Gasteiger partial charge in [0.2, 0.25) is 5.95 Å². The van der Waals surface area contributed by atoms with E-state index < -0.39 is 0 Å². The molecule has 3 nitrogen and oxygen atoms in total. The fraction of sp³-hybridized carbons (Fsp3) is 0.615. The molecule has 2 heterocycles. The molecule has 0 radical (unpaired) electrons. The summed E-state index contributed by atoms with van der Waals surface area (Å²) < 4.78 is 13.0. The summed E-state index contributed by atoms with van der Waals surface area (Å²) in [4.78, 5) is 8.37. The third-order valence-corrected chi connectivity index (χ3v) is 3.66. The van der Waals surface area contributed by atoms with E-state index in [1.165, 1.54) is 25.5 Å². The number of anilines is 1. The van der Waals surface area contributed by atoms with E-state index in [9.17, 15) is 4.39 Å². The highest BCUT2D eigenvalue weighted by atomic mass is 19.1. The predicted octanol–water partition coefficient (Wildman–Crippen LogP) is 1.75. The molecule has 17 heavy (non-hydrogen) atoms. The zero-order valence-electron chi connectivity index (χ0n) is 9.98. The average Bonchev–Trinajstić information content (AvgIpc) is 3.14. The van der Waals surface area contributed by atoms with Crippen LogP contribution < -0.4 is 4.90 Å². The Hall–Kier alpha value is -1.16. The average molecular weight is 235 g/mol. The second kappa shape index (κ2) is 4.61. The second-order valence-electron chi connectivity index (χ2n) is 5.07. The Labute approximate surface area is 101 Å². The van der Waals surface area contributed by atoms with Gasteiger partial charge in [-0.05, 0) is 24.8 Å². The van der Waals surface area contributed by atoms with Gasteiger partial charge >= 0.3 is 0 Å². The number of piperazine rings is 1. The van der Waals surface area contributed by atoms with Crippen molar-refractivity contribution in [1.29, 1.82) is 0 Å². The molecule has 0 aromatic carbocycles. The zero-order chi connectivity index (χ0) is 11.7. The van der Waals surface area contributed by atoms with Crippen molar-refractivity contribution in [2.45, 2.75) is 12.8 Å². The smallest absolute Gasteiger partial charge is 0.214 e. The van der Waals surface area contributed by atoms with Crippen LogP contribution in [0.15, 0.2) is 18.3 Å². The van der Waals surface area contributed by atoms with E-state index in [2.05, 4.69) is 14.8 Å². The summed E-state index contributed by atoms with van der Waals surface area (Å²) in [7, 11) is 0. The van der Waals surface area contributed by atoms with Crippen molar-refractivity contribution in [3.05, 3.63) is 24.3 Å². The van der Waals surface area contributed by atoms with Gasteiger partial charge in [0, 0.05) is 50.7 Å². The van der Waals surface area contributed by atoms with Gasteiger partial charge in [0.1, 0.15) is 0 Å². The molecule has 2 aliphatic rings. The Morgan fingerprint density at radius 3 is 2.65 bits per heavy atom. The fourth-order valence-electron chi connectivity index (χ4n) is 2.44. The molecule has 0 N–H and O–H groups in total. The molecule has 4 heteroatoms. The van der Waals surface area contributed by atoms with Gasteiger partial charge in [0.05, 0.1) is 0 Å². The minimum Gasteiger partial charge on any atom is -0.369 e. The van der Waals surface area contributed by atoms with Gasteiger partial charge < -0.3 is 4.90 Å². The van der Waals surface area contributed by atoms with Crippen LogP contribution in [-0.4, -0.2) is 42.6 Å². The molecule has 3 rings (SSSR count). The van der Waals surface area contributed by atoms with Crippen LogP contribution in [0, 0.1) is 11.9 Å². The molecule has 1 aliphatic heterocycles. The van der Waals surface area contributed by atoms with E-state index in [0.717, 1.165) is 37.8 Å². The highest BCUT2D eigenvalue weighted by Gasteiger charge is 2.26. The number of pyridine rings is 1. The molecule has 1 saturated carbocycles. The van der Waals surface area contributed by atoms with Crippen LogP contribution in [0.1, 0.15) is 12.8 Å². The normalized spacial score (nSPS) is 21.8. The zero-order valence-corrected chi connectivity index (χ0v) is 9.98. The molecular formula is C13H18FN3. The molecule has 0 spiro atoms. The lowest BCUT2D eigenvalue weighted by atomic mass is 10.2. The summed E-state index contributed by atoms with van der Waals surface area (Å²) in [5.41, 5.74) is 0.962. The first-order valence-electron chi connectivity index (χ1n) is 6.40. The molecule has 1 aromatic rings. The van der Waals surface area contributed by atoms with Crippen molar-refractivity contribution < 1.29 is 4.39 Å². The maximum Gasteiger partial charge on any atom is 0.214 e. The topological polar surface area (TPSA) is 19.4 Å². The van der Waals surface area contributed by atoms with Crippen molar-refractivity contribution in [1.82, 2.24) is 9.88 Å². The van der Waals surface area contributed by atoms with Crippen LogP contribution in [0.5, 0.6) is 0 Å². The van der Waals surface area contributed by atoms with Gasteiger partial charge in [-0.2, -0.15) is 4.39 Å². The molecule has 92 valence electrons. The second-order valence-corrected chi connectivity index (χ2v) is 5.07. The number of nitrogens with zero attached hydrogens (tertiary/aromatic N) is 3. The molecule has 0 amide bonds. The molecule has 0 bridgehead atoms. The first-order chi connectivity index (χ1) is 8.31. The standard InChI is InChI=1S/C13H18FN3/c14-13-9-12(3-4-15-13)17-7-5-16(6-8-17)10-11-1-2-11/h3-4,9,11H,1-2,5-8,10H2. The number of halogens is 1. The first kappa shape index (κ1) is 11.0. The van der Waals surface area contributed by atoms with Gasteiger partial charge in [-0.15, -0.1) is 0 Å². The van der Waals surface area contributed by atoms with Gasteiger partial charge in [-0.3, -0.25) is 4.90 Å². The van der Waals surface area contributed by atoms with Gasteiger partial charge in [-0.25, -0.2) is 4.98 Å². The maximum absolute atomic E-state index is 13.0. The number of hydrogen-bond acceptors (Lipinski definition) is 3. The summed E-state index contributed by atoms with van der Waals surface area (Å²) in [6.45, 7) is 5.45. The molecule has 2 fully saturated rings. The monoisotopic (exact) mass is 235 g/mol. The lowest BCUT2D eigenvalue weighted by Crippen LogP contribution is -2.47. The third kappa shape index (κ3) is 2.75. The van der Waals surface area contributed by atoms with E-state index in [1.54, 1.807) is 6.20 Å². The fourth-order valence-corrected chi connectivity index (χ4v) is 2.44. The molecule has 1 aromatic heterocycles. The summed E-state index contributed by atoms with van der Waals surface area (Å²) in [6, 6.07) is 3.41. The maximum atomic E-state index is 13.0. The number of rotatable bonds is 3. The number of aromatic nitrogens is 1. The molecule has 0 atom stereocenters. The quantitative estimate of drug-likeness (QED) is 0.744. The van der Waals surface area contributed by atoms with Crippen molar-refractivity contribution in [2.24, 2.45) is 5.92 Å².